The number of rotatable bonds is 6. The molecule has 1 atom stereocenters. The monoisotopic (exact) mass is 265 g/mol. The molecule has 1 N–H and O–H groups in total. The maximum absolute atomic E-state index is 9.34. The smallest absolute Gasteiger partial charge is 0.161 e. The van der Waals surface area contributed by atoms with Crippen LogP contribution in [0.4, 0.5) is 0 Å². The molecule has 0 spiro atoms. The van der Waals surface area contributed by atoms with Gasteiger partial charge in [-0.1, -0.05) is 6.07 Å². The summed E-state index contributed by atoms with van der Waals surface area (Å²) in [5.74, 6) is 1.56. The minimum absolute atomic E-state index is 0.244. The van der Waals surface area contributed by atoms with Gasteiger partial charge < -0.3 is 14.6 Å². The van der Waals surface area contributed by atoms with E-state index in [0.29, 0.717) is 12.6 Å². The van der Waals surface area contributed by atoms with Crippen LogP contribution in [0.2, 0.25) is 0 Å². The number of benzene rings is 1. The Morgan fingerprint density at radius 1 is 1.37 bits per heavy atom. The summed E-state index contributed by atoms with van der Waals surface area (Å²) in [5.41, 5.74) is 1.20. The molecule has 1 aromatic carbocycles. The van der Waals surface area contributed by atoms with Crippen molar-refractivity contribution in [3.05, 3.63) is 23.8 Å². The van der Waals surface area contributed by atoms with E-state index in [9.17, 15) is 5.11 Å². The zero-order valence-electron chi connectivity index (χ0n) is 11.8. The number of methoxy groups -OCH3 is 1. The van der Waals surface area contributed by atoms with Crippen LogP contribution in [0, 0.1) is 0 Å². The van der Waals surface area contributed by atoms with Crippen molar-refractivity contribution in [3.63, 3.8) is 0 Å². The second-order valence-electron chi connectivity index (χ2n) is 4.87. The van der Waals surface area contributed by atoms with Gasteiger partial charge in [0.15, 0.2) is 11.5 Å². The lowest BCUT2D eigenvalue weighted by Gasteiger charge is -2.23. The molecule has 0 saturated carbocycles. The fourth-order valence-corrected chi connectivity index (χ4v) is 2.63. The molecule has 1 saturated heterocycles. The van der Waals surface area contributed by atoms with Crippen LogP contribution in [-0.2, 0) is 6.54 Å². The van der Waals surface area contributed by atoms with E-state index in [1.165, 1.54) is 12.0 Å². The largest absolute Gasteiger partial charge is 0.493 e. The molecule has 0 aliphatic carbocycles. The normalized spacial score (nSPS) is 19.6. The van der Waals surface area contributed by atoms with Crippen LogP contribution >= 0.6 is 0 Å². The van der Waals surface area contributed by atoms with Gasteiger partial charge in [0.25, 0.3) is 0 Å². The molecular formula is C15H23NO3. The van der Waals surface area contributed by atoms with Crippen LogP contribution in [0.1, 0.15) is 25.3 Å². The van der Waals surface area contributed by atoms with E-state index in [0.717, 1.165) is 31.0 Å². The summed E-state index contributed by atoms with van der Waals surface area (Å²) in [7, 11) is 1.66. The Morgan fingerprint density at radius 3 is 2.89 bits per heavy atom. The van der Waals surface area contributed by atoms with E-state index in [2.05, 4.69) is 11.0 Å². The quantitative estimate of drug-likeness (QED) is 0.855. The number of likely N-dealkylation sites (tertiary alicyclic amines) is 1. The van der Waals surface area contributed by atoms with Gasteiger partial charge in [0, 0.05) is 12.6 Å². The van der Waals surface area contributed by atoms with Gasteiger partial charge in [0.1, 0.15) is 0 Å². The highest BCUT2D eigenvalue weighted by Gasteiger charge is 2.23. The molecule has 1 fully saturated rings. The molecule has 1 heterocycles. The predicted octanol–water partition coefficient (Wildman–Crippen LogP) is 2.05. The van der Waals surface area contributed by atoms with E-state index in [1.54, 1.807) is 7.11 Å². The average molecular weight is 265 g/mol. The Kier molecular flexibility index (Phi) is 5.05. The van der Waals surface area contributed by atoms with Crippen molar-refractivity contribution in [2.75, 3.05) is 26.9 Å². The molecule has 0 aromatic heterocycles. The molecule has 4 heteroatoms. The Hall–Kier alpha value is -1.26. The second kappa shape index (κ2) is 6.78. The lowest BCUT2D eigenvalue weighted by Crippen LogP contribution is -2.31. The molecule has 19 heavy (non-hydrogen) atoms. The van der Waals surface area contributed by atoms with Crippen LogP contribution < -0.4 is 9.47 Å². The molecule has 1 aliphatic rings. The fraction of sp³-hybridized carbons (Fsp3) is 0.600. The Bertz CT molecular complexity index is 408. The summed E-state index contributed by atoms with van der Waals surface area (Å²) in [6, 6.07) is 6.36. The first kappa shape index (κ1) is 14.2. The second-order valence-corrected chi connectivity index (χ2v) is 4.87. The maximum atomic E-state index is 9.34. The summed E-state index contributed by atoms with van der Waals surface area (Å²) in [6.45, 7) is 4.75. The van der Waals surface area contributed by atoms with Gasteiger partial charge in [-0.3, -0.25) is 4.90 Å². The van der Waals surface area contributed by atoms with E-state index in [4.69, 9.17) is 9.47 Å². The Labute approximate surface area is 114 Å². The van der Waals surface area contributed by atoms with Crippen molar-refractivity contribution in [1.29, 1.82) is 0 Å². The van der Waals surface area contributed by atoms with E-state index in [-0.39, 0.29) is 6.61 Å². The van der Waals surface area contributed by atoms with Gasteiger partial charge >= 0.3 is 0 Å². The van der Waals surface area contributed by atoms with Gasteiger partial charge in [0.2, 0.25) is 0 Å². The molecular weight excluding hydrogens is 242 g/mol. The molecule has 2 rings (SSSR count). The molecule has 1 aliphatic heterocycles. The van der Waals surface area contributed by atoms with Gasteiger partial charge in [-0.25, -0.2) is 0 Å². The first-order valence-corrected chi connectivity index (χ1v) is 6.93. The van der Waals surface area contributed by atoms with Crippen molar-refractivity contribution < 1.29 is 14.6 Å². The molecule has 106 valence electrons. The highest BCUT2D eigenvalue weighted by molar-refractivity contribution is 5.43. The third-order valence-corrected chi connectivity index (χ3v) is 3.62. The Morgan fingerprint density at radius 2 is 2.21 bits per heavy atom. The number of hydrogen-bond donors (Lipinski definition) is 1. The standard InChI is InChI=1S/C15H23NO3/c1-3-19-14-7-6-12(9-15(14)18-2)10-16-8-4-5-13(16)11-17/h6-7,9,13,17H,3-5,8,10-11H2,1-2H3/t13-/m0/s1. The van der Waals surface area contributed by atoms with Crippen LogP contribution in [-0.4, -0.2) is 42.9 Å². The molecule has 1 aromatic rings. The minimum Gasteiger partial charge on any atom is -0.493 e. The zero-order chi connectivity index (χ0) is 13.7. The van der Waals surface area contributed by atoms with Crippen LogP contribution in [0.3, 0.4) is 0 Å². The molecule has 4 nitrogen and oxygen atoms in total. The first-order chi connectivity index (χ1) is 9.28. The number of ether oxygens (including phenoxy) is 2. The molecule has 0 unspecified atom stereocenters. The van der Waals surface area contributed by atoms with Crippen molar-refractivity contribution in [1.82, 2.24) is 4.90 Å². The lowest BCUT2D eigenvalue weighted by atomic mass is 10.1. The van der Waals surface area contributed by atoms with Crippen LogP contribution in [0.15, 0.2) is 18.2 Å². The van der Waals surface area contributed by atoms with Crippen molar-refractivity contribution >= 4 is 0 Å². The Balaban J connectivity index is 2.08. The van der Waals surface area contributed by atoms with Crippen LogP contribution in [0.5, 0.6) is 11.5 Å². The topological polar surface area (TPSA) is 41.9 Å². The van der Waals surface area contributed by atoms with Crippen molar-refractivity contribution in [2.45, 2.75) is 32.4 Å². The number of aliphatic hydroxyl groups excluding tert-OH is 1. The van der Waals surface area contributed by atoms with Gasteiger partial charge in [-0.15, -0.1) is 0 Å². The van der Waals surface area contributed by atoms with E-state index >= 15 is 0 Å². The number of nitrogens with zero attached hydrogens (tertiary/aromatic N) is 1. The molecule has 0 radical (unpaired) electrons. The summed E-state index contributed by atoms with van der Waals surface area (Å²) in [4.78, 5) is 2.33. The number of aliphatic hydroxyl groups is 1. The van der Waals surface area contributed by atoms with Gasteiger partial charge in [-0.2, -0.15) is 0 Å². The SMILES string of the molecule is CCOc1ccc(CN2CCC[C@H]2CO)cc1OC. The summed E-state index contributed by atoms with van der Waals surface area (Å²) in [6.07, 6.45) is 2.25. The molecule has 0 amide bonds. The van der Waals surface area contributed by atoms with Crippen molar-refractivity contribution in [2.24, 2.45) is 0 Å². The van der Waals surface area contributed by atoms with E-state index < -0.39 is 0 Å². The fourth-order valence-electron chi connectivity index (χ4n) is 2.63. The first-order valence-electron chi connectivity index (χ1n) is 6.93. The predicted molar refractivity (Wildman–Crippen MR) is 74.7 cm³/mol. The average Bonchev–Trinajstić information content (AvgIpc) is 2.88. The highest BCUT2D eigenvalue weighted by atomic mass is 16.5. The van der Waals surface area contributed by atoms with E-state index in [1.807, 2.05) is 19.1 Å². The third kappa shape index (κ3) is 3.39. The van der Waals surface area contributed by atoms with Gasteiger partial charge in [0.05, 0.1) is 20.3 Å². The zero-order valence-corrected chi connectivity index (χ0v) is 11.8. The maximum Gasteiger partial charge on any atom is 0.161 e. The van der Waals surface area contributed by atoms with Gasteiger partial charge in [-0.05, 0) is 44.0 Å². The third-order valence-electron chi connectivity index (χ3n) is 3.62. The lowest BCUT2D eigenvalue weighted by molar-refractivity contribution is 0.153. The highest BCUT2D eigenvalue weighted by Crippen LogP contribution is 2.29. The van der Waals surface area contributed by atoms with Crippen molar-refractivity contribution in [3.8, 4) is 11.5 Å². The summed E-state index contributed by atoms with van der Waals surface area (Å²) < 4.78 is 10.9. The minimum atomic E-state index is 0.244. The number of hydrogen-bond acceptors (Lipinski definition) is 4. The van der Waals surface area contributed by atoms with Crippen LogP contribution in [0.25, 0.3) is 0 Å². The summed E-state index contributed by atoms with van der Waals surface area (Å²) in [5, 5.41) is 9.34. The molecule has 0 bridgehead atoms. The summed E-state index contributed by atoms with van der Waals surface area (Å²) >= 11 is 0.